The Kier molecular flexibility index (Phi) is 2.86. The number of nitrogen functional groups attached to an aromatic ring is 1. The first-order chi connectivity index (χ1) is 7.88. The number of benzene rings is 1. The van der Waals surface area contributed by atoms with Gasteiger partial charge in [0.2, 0.25) is 0 Å². The second-order valence-corrected chi connectivity index (χ2v) is 4.25. The normalized spacial score (nSPS) is 11.8. The zero-order valence-electron chi connectivity index (χ0n) is 8.35. The molecule has 1 aromatic carbocycles. The maximum absolute atomic E-state index is 12.6. The molecule has 7 heteroatoms. The number of hydrogen-bond acceptors (Lipinski definition) is 2. The summed E-state index contributed by atoms with van der Waals surface area (Å²) in [6.07, 6.45) is -4.37. The predicted molar refractivity (Wildman–Crippen MR) is 61.1 cm³/mol. The van der Waals surface area contributed by atoms with Crippen LogP contribution < -0.4 is 5.73 Å². The van der Waals surface area contributed by atoms with Crippen molar-refractivity contribution in [3.63, 3.8) is 0 Å². The summed E-state index contributed by atoms with van der Waals surface area (Å²) in [5, 5.41) is 6.25. The lowest BCUT2D eigenvalue weighted by molar-refractivity contribution is -0.137. The first kappa shape index (κ1) is 12.0. The average Bonchev–Trinajstić information content (AvgIpc) is 2.63. The van der Waals surface area contributed by atoms with Crippen LogP contribution in [-0.2, 0) is 6.18 Å². The van der Waals surface area contributed by atoms with Gasteiger partial charge in [0, 0.05) is 16.1 Å². The predicted octanol–water partition coefficient (Wildman–Crippen LogP) is 3.44. The van der Waals surface area contributed by atoms with Gasteiger partial charge in [-0.15, -0.1) is 0 Å². The summed E-state index contributed by atoms with van der Waals surface area (Å²) in [7, 11) is 0. The molecule has 0 bridgehead atoms. The van der Waals surface area contributed by atoms with E-state index in [9.17, 15) is 13.2 Å². The van der Waals surface area contributed by atoms with Gasteiger partial charge >= 0.3 is 6.18 Å². The molecule has 90 valence electrons. The largest absolute Gasteiger partial charge is 0.416 e. The minimum Gasteiger partial charge on any atom is -0.382 e. The van der Waals surface area contributed by atoms with E-state index < -0.39 is 11.7 Å². The van der Waals surface area contributed by atoms with Crippen molar-refractivity contribution < 1.29 is 13.2 Å². The average molecular weight is 306 g/mol. The molecule has 3 N–H and O–H groups in total. The molecule has 2 rings (SSSR count). The van der Waals surface area contributed by atoms with Crippen LogP contribution in [0.15, 0.2) is 28.7 Å². The maximum atomic E-state index is 12.6. The lowest BCUT2D eigenvalue weighted by Crippen LogP contribution is -2.04. The van der Waals surface area contributed by atoms with Crippen LogP contribution in [-0.4, -0.2) is 10.2 Å². The third kappa shape index (κ3) is 2.44. The van der Waals surface area contributed by atoms with Crippen LogP contribution in [0.5, 0.6) is 0 Å². The summed E-state index contributed by atoms with van der Waals surface area (Å²) in [4.78, 5) is 0. The van der Waals surface area contributed by atoms with Gasteiger partial charge in [-0.1, -0.05) is 15.9 Å². The topological polar surface area (TPSA) is 54.7 Å². The molecule has 0 amide bonds. The summed E-state index contributed by atoms with van der Waals surface area (Å²) >= 11 is 3.19. The van der Waals surface area contributed by atoms with E-state index in [4.69, 9.17) is 5.73 Å². The summed E-state index contributed by atoms with van der Waals surface area (Å²) in [5.41, 5.74) is 5.49. The van der Waals surface area contributed by atoms with Gasteiger partial charge in [0.25, 0.3) is 0 Å². The van der Waals surface area contributed by atoms with Gasteiger partial charge in [-0.3, -0.25) is 5.10 Å². The Hall–Kier alpha value is -1.50. The van der Waals surface area contributed by atoms with E-state index >= 15 is 0 Å². The Bertz CT molecular complexity index is 548. The molecule has 0 spiro atoms. The van der Waals surface area contributed by atoms with Crippen molar-refractivity contribution in [3.8, 4) is 11.3 Å². The van der Waals surface area contributed by atoms with E-state index in [0.717, 1.165) is 12.1 Å². The third-order valence-corrected chi connectivity index (χ3v) is 2.87. The molecule has 2 aromatic rings. The molecule has 0 aliphatic heterocycles. The second-order valence-electron chi connectivity index (χ2n) is 3.40. The minimum atomic E-state index is -4.37. The van der Waals surface area contributed by atoms with Crippen LogP contribution in [0.1, 0.15) is 5.56 Å². The highest BCUT2D eigenvalue weighted by molar-refractivity contribution is 9.10. The zero-order chi connectivity index (χ0) is 12.6. The van der Waals surface area contributed by atoms with Crippen molar-refractivity contribution in [1.82, 2.24) is 10.2 Å². The Morgan fingerprint density at radius 1 is 1.24 bits per heavy atom. The summed E-state index contributed by atoms with van der Waals surface area (Å²) in [6, 6.07) is 4.86. The highest BCUT2D eigenvalue weighted by atomic mass is 79.9. The van der Waals surface area contributed by atoms with E-state index in [0.29, 0.717) is 15.7 Å². The standard InChI is InChI=1S/C10H7BrF3N3/c11-7-2-1-5(10(12,13)14)3-6(7)8-4-9(15)17-16-8/h1-4H,(H3,15,16,17). The van der Waals surface area contributed by atoms with Crippen molar-refractivity contribution >= 4 is 21.7 Å². The van der Waals surface area contributed by atoms with Crippen LogP contribution in [0.3, 0.4) is 0 Å². The number of nitrogens with zero attached hydrogens (tertiary/aromatic N) is 1. The SMILES string of the molecule is Nc1cc(-c2cc(C(F)(F)F)ccc2Br)[nH]n1. The Morgan fingerprint density at radius 3 is 2.47 bits per heavy atom. The van der Waals surface area contributed by atoms with Gasteiger partial charge in [-0.2, -0.15) is 18.3 Å². The molecular weight excluding hydrogens is 299 g/mol. The van der Waals surface area contributed by atoms with Gasteiger partial charge in [-0.05, 0) is 18.2 Å². The number of alkyl halides is 3. The fourth-order valence-electron chi connectivity index (χ4n) is 1.38. The number of hydrogen-bond donors (Lipinski definition) is 2. The quantitative estimate of drug-likeness (QED) is 0.848. The minimum absolute atomic E-state index is 0.226. The highest BCUT2D eigenvalue weighted by Crippen LogP contribution is 2.35. The smallest absolute Gasteiger partial charge is 0.382 e. The van der Waals surface area contributed by atoms with E-state index in [-0.39, 0.29) is 5.82 Å². The maximum Gasteiger partial charge on any atom is 0.416 e. The molecule has 3 nitrogen and oxygen atoms in total. The monoisotopic (exact) mass is 305 g/mol. The number of aromatic amines is 1. The number of anilines is 1. The van der Waals surface area contributed by atoms with Crippen LogP contribution in [0.25, 0.3) is 11.3 Å². The molecule has 0 fully saturated rings. The van der Waals surface area contributed by atoms with E-state index in [1.165, 1.54) is 12.1 Å². The molecule has 0 aliphatic carbocycles. The molecule has 0 saturated heterocycles. The van der Waals surface area contributed by atoms with Crippen LogP contribution >= 0.6 is 15.9 Å². The van der Waals surface area contributed by atoms with Crippen molar-refractivity contribution in [3.05, 3.63) is 34.3 Å². The van der Waals surface area contributed by atoms with Crippen molar-refractivity contribution in [2.24, 2.45) is 0 Å². The van der Waals surface area contributed by atoms with E-state index in [1.54, 1.807) is 0 Å². The van der Waals surface area contributed by atoms with Crippen LogP contribution in [0.4, 0.5) is 19.0 Å². The molecule has 0 aliphatic rings. The number of H-pyrrole nitrogens is 1. The summed E-state index contributed by atoms with van der Waals surface area (Å²) in [6.45, 7) is 0. The number of nitrogens with one attached hydrogen (secondary N) is 1. The van der Waals surface area contributed by atoms with Crippen LogP contribution in [0, 0.1) is 0 Å². The van der Waals surface area contributed by atoms with Gasteiger partial charge in [0.1, 0.15) is 5.82 Å². The molecule has 0 radical (unpaired) electrons. The number of nitrogens with two attached hydrogens (primary N) is 1. The number of rotatable bonds is 1. The lowest BCUT2D eigenvalue weighted by atomic mass is 10.1. The first-order valence-corrected chi connectivity index (χ1v) is 5.35. The molecule has 0 unspecified atom stereocenters. The van der Waals surface area contributed by atoms with Crippen molar-refractivity contribution in [2.75, 3.05) is 5.73 Å². The first-order valence-electron chi connectivity index (χ1n) is 4.56. The van der Waals surface area contributed by atoms with E-state index in [1.807, 2.05) is 0 Å². The van der Waals surface area contributed by atoms with Gasteiger partial charge in [-0.25, -0.2) is 0 Å². The fourth-order valence-corrected chi connectivity index (χ4v) is 1.84. The van der Waals surface area contributed by atoms with Crippen molar-refractivity contribution in [1.29, 1.82) is 0 Å². The van der Waals surface area contributed by atoms with Crippen molar-refractivity contribution in [2.45, 2.75) is 6.18 Å². The third-order valence-electron chi connectivity index (χ3n) is 2.18. The fraction of sp³-hybridized carbons (Fsp3) is 0.100. The zero-order valence-corrected chi connectivity index (χ0v) is 9.93. The molecule has 0 atom stereocenters. The van der Waals surface area contributed by atoms with Gasteiger partial charge in [0.05, 0.1) is 11.3 Å². The van der Waals surface area contributed by atoms with Gasteiger partial charge < -0.3 is 5.73 Å². The molecule has 1 aromatic heterocycles. The van der Waals surface area contributed by atoms with E-state index in [2.05, 4.69) is 26.1 Å². The molecule has 1 heterocycles. The lowest BCUT2D eigenvalue weighted by Gasteiger charge is -2.09. The summed E-state index contributed by atoms with van der Waals surface area (Å²) in [5.74, 6) is 0.226. The van der Waals surface area contributed by atoms with Crippen LogP contribution in [0.2, 0.25) is 0 Å². The molecule has 17 heavy (non-hydrogen) atoms. The Morgan fingerprint density at radius 2 is 1.94 bits per heavy atom. The Labute approximate surface area is 103 Å². The number of halogens is 4. The summed E-state index contributed by atoms with van der Waals surface area (Å²) < 4.78 is 38.2. The van der Waals surface area contributed by atoms with Gasteiger partial charge in [0.15, 0.2) is 0 Å². The second kappa shape index (κ2) is 4.06. The molecular formula is C10H7BrF3N3. The number of aromatic nitrogens is 2. The highest BCUT2D eigenvalue weighted by Gasteiger charge is 2.31. The molecule has 0 saturated carbocycles. The Balaban J connectivity index is 2.54.